The van der Waals surface area contributed by atoms with Gasteiger partial charge in [0, 0.05) is 22.5 Å². The second kappa shape index (κ2) is 11.1. The van der Waals surface area contributed by atoms with Crippen LogP contribution >= 0.6 is 0 Å². The predicted octanol–water partition coefficient (Wildman–Crippen LogP) is 6.96. The van der Waals surface area contributed by atoms with Crippen molar-refractivity contribution in [1.29, 1.82) is 0 Å². The Balaban J connectivity index is 0.00000106. The second-order valence-electron chi connectivity index (χ2n) is 8.92. The Bertz CT molecular complexity index is 807. The van der Waals surface area contributed by atoms with Crippen LogP contribution in [-0.2, 0) is 6.42 Å². The van der Waals surface area contributed by atoms with Gasteiger partial charge in [0.2, 0.25) is 0 Å². The maximum atomic E-state index is 11.2. The zero-order valence-corrected chi connectivity index (χ0v) is 20.8. The number of rotatable bonds is 3. The van der Waals surface area contributed by atoms with Gasteiger partial charge >= 0.3 is 0 Å². The molecule has 3 rings (SSSR count). The van der Waals surface area contributed by atoms with E-state index >= 15 is 0 Å². The van der Waals surface area contributed by atoms with Crippen LogP contribution in [0.3, 0.4) is 0 Å². The smallest absolute Gasteiger partial charge is 0.106 e. The van der Waals surface area contributed by atoms with Gasteiger partial charge in [-0.2, -0.15) is 0 Å². The summed E-state index contributed by atoms with van der Waals surface area (Å²) in [5, 5.41) is 22.0. The van der Waals surface area contributed by atoms with Crippen molar-refractivity contribution in [2.24, 2.45) is 5.41 Å². The highest BCUT2D eigenvalue weighted by atomic mass is 16.3. The Labute approximate surface area is 184 Å². The lowest BCUT2D eigenvalue weighted by molar-refractivity contribution is 0.0968. The van der Waals surface area contributed by atoms with Gasteiger partial charge in [0.25, 0.3) is 0 Å². The topological polar surface area (TPSA) is 53.4 Å². The first-order valence-corrected chi connectivity index (χ1v) is 11.6. The van der Waals surface area contributed by atoms with E-state index in [-0.39, 0.29) is 11.3 Å². The summed E-state index contributed by atoms with van der Waals surface area (Å²) in [5.74, 6) is 0.205. The van der Waals surface area contributed by atoms with Crippen molar-refractivity contribution >= 4 is 0 Å². The van der Waals surface area contributed by atoms with Crippen molar-refractivity contribution < 1.29 is 10.2 Å². The van der Waals surface area contributed by atoms with E-state index in [1.807, 2.05) is 65.8 Å². The molecule has 3 heteroatoms. The summed E-state index contributed by atoms with van der Waals surface area (Å²) in [6.45, 7) is 20.7. The maximum absolute atomic E-state index is 11.2. The van der Waals surface area contributed by atoms with Crippen LogP contribution in [0.15, 0.2) is 24.3 Å². The molecule has 0 fully saturated rings. The molecule has 1 aromatic heterocycles. The largest absolute Gasteiger partial charge is 0.388 e. The van der Waals surface area contributed by atoms with Crippen molar-refractivity contribution in [1.82, 2.24) is 4.98 Å². The van der Waals surface area contributed by atoms with E-state index in [2.05, 4.69) is 27.7 Å². The number of fused-ring (bicyclic) bond motifs is 1. The number of aliphatic hydroxyl groups excluding tert-OH is 2. The number of hydrogen-bond acceptors (Lipinski definition) is 3. The molecular weight excluding hydrogens is 370 g/mol. The normalized spacial score (nSPS) is 17.8. The van der Waals surface area contributed by atoms with Crippen LogP contribution in [0.2, 0.25) is 0 Å². The molecule has 1 aliphatic carbocycles. The molecule has 30 heavy (non-hydrogen) atoms. The van der Waals surface area contributed by atoms with Crippen LogP contribution in [0, 0.1) is 19.3 Å². The number of benzene rings is 1. The van der Waals surface area contributed by atoms with E-state index in [0.717, 1.165) is 46.5 Å². The van der Waals surface area contributed by atoms with Crippen LogP contribution < -0.4 is 0 Å². The van der Waals surface area contributed by atoms with E-state index < -0.39 is 12.2 Å². The minimum atomic E-state index is -0.729. The first kappa shape index (κ1) is 26.3. The number of aromatic nitrogens is 1. The Kier molecular flexibility index (Phi) is 9.71. The van der Waals surface area contributed by atoms with Gasteiger partial charge in [-0.25, -0.2) is 0 Å². The van der Waals surface area contributed by atoms with E-state index in [4.69, 9.17) is 4.98 Å². The Hall–Kier alpha value is -1.71. The molecule has 2 aromatic rings. The molecule has 0 spiro atoms. The molecule has 0 aliphatic heterocycles. The van der Waals surface area contributed by atoms with E-state index in [1.165, 1.54) is 5.56 Å². The standard InChI is InChI=1S/C23H31NO2.2C2H6/c1-13(2)21-20(22(26)16-9-7-14(3)8-10-16)15(4)19-17(24-21)11-23(5,6)12-18(19)25;2*1-2/h7-10,13,18,22,25-26H,11-12H2,1-6H3;2*1-2H3. The molecule has 0 saturated heterocycles. The summed E-state index contributed by atoms with van der Waals surface area (Å²) in [6, 6.07) is 7.99. The Morgan fingerprint density at radius 1 is 1.00 bits per heavy atom. The van der Waals surface area contributed by atoms with Gasteiger partial charge in [-0.05, 0) is 49.1 Å². The lowest BCUT2D eigenvalue weighted by atomic mass is 9.72. The first-order valence-electron chi connectivity index (χ1n) is 11.6. The zero-order chi connectivity index (χ0) is 23.2. The Morgan fingerprint density at radius 2 is 1.53 bits per heavy atom. The highest BCUT2D eigenvalue weighted by molar-refractivity contribution is 5.47. The lowest BCUT2D eigenvalue weighted by Crippen LogP contribution is -2.29. The number of aryl methyl sites for hydroxylation is 1. The van der Waals surface area contributed by atoms with Crippen molar-refractivity contribution in [2.45, 2.75) is 100 Å². The van der Waals surface area contributed by atoms with Gasteiger partial charge < -0.3 is 10.2 Å². The van der Waals surface area contributed by atoms with Crippen LogP contribution in [0.5, 0.6) is 0 Å². The van der Waals surface area contributed by atoms with Crippen molar-refractivity contribution in [3.8, 4) is 0 Å². The van der Waals surface area contributed by atoms with Gasteiger partial charge in [0.05, 0.1) is 6.10 Å². The summed E-state index contributed by atoms with van der Waals surface area (Å²) < 4.78 is 0. The third-order valence-electron chi connectivity index (χ3n) is 5.59. The fourth-order valence-corrected chi connectivity index (χ4v) is 4.25. The molecule has 1 aliphatic rings. The second-order valence-corrected chi connectivity index (χ2v) is 8.92. The average Bonchev–Trinajstić information content (AvgIpc) is 2.69. The number of aliphatic hydroxyl groups is 2. The minimum absolute atomic E-state index is 0.0389. The molecule has 0 radical (unpaired) electrons. The summed E-state index contributed by atoms with van der Waals surface area (Å²) in [4.78, 5) is 4.96. The molecule has 2 atom stereocenters. The van der Waals surface area contributed by atoms with Gasteiger partial charge in [-0.1, -0.05) is 85.2 Å². The van der Waals surface area contributed by atoms with E-state index in [1.54, 1.807) is 0 Å². The predicted molar refractivity (Wildman–Crippen MR) is 128 cm³/mol. The number of pyridine rings is 1. The van der Waals surface area contributed by atoms with Crippen LogP contribution in [0.25, 0.3) is 0 Å². The molecule has 2 N–H and O–H groups in total. The molecule has 1 heterocycles. The highest BCUT2D eigenvalue weighted by Gasteiger charge is 2.36. The summed E-state index contributed by atoms with van der Waals surface area (Å²) >= 11 is 0. The summed E-state index contributed by atoms with van der Waals surface area (Å²) in [7, 11) is 0. The van der Waals surface area contributed by atoms with E-state index in [9.17, 15) is 10.2 Å². The molecular formula is C27H43NO2. The number of hydrogen-bond donors (Lipinski definition) is 2. The van der Waals surface area contributed by atoms with Gasteiger partial charge in [0.1, 0.15) is 6.10 Å². The zero-order valence-electron chi connectivity index (χ0n) is 20.8. The van der Waals surface area contributed by atoms with Crippen LogP contribution in [0.1, 0.15) is 119 Å². The third kappa shape index (κ3) is 5.70. The molecule has 0 bridgehead atoms. The molecule has 1 aromatic carbocycles. The van der Waals surface area contributed by atoms with Crippen molar-refractivity contribution in [3.05, 3.63) is 63.5 Å². The molecule has 168 valence electrons. The third-order valence-corrected chi connectivity index (χ3v) is 5.59. The van der Waals surface area contributed by atoms with Crippen molar-refractivity contribution in [2.75, 3.05) is 0 Å². The molecule has 2 unspecified atom stereocenters. The van der Waals surface area contributed by atoms with Crippen LogP contribution in [-0.4, -0.2) is 15.2 Å². The molecule has 0 saturated carbocycles. The Morgan fingerprint density at radius 3 is 2.03 bits per heavy atom. The monoisotopic (exact) mass is 413 g/mol. The summed E-state index contributed by atoms with van der Waals surface area (Å²) in [5.41, 5.74) is 6.80. The van der Waals surface area contributed by atoms with Crippen molar-refractivity contribution in [3.63, 3.8) is 0 Å². The number of nitrogens with zero attached hydrogens (tertiary/aromatic N) is 1. The molecule has 3 nitrogen and oxygen atoms in total. The maximum Gasteiger partial charge on any atom is 0.106 e. The minimum Gasteiger partial charge on any atom is -0.388 e. The van der Waals surface area contributed by atoms with E-state index in [0.29, 0.717) is 0 Å². The fourth-order valence-electron chi connectivity index (χ4n) is 4.25. The SMILES string of the molecule is CC.CC.Cc1ccc(C(O)c2c(C(C)C)nc3c(c2C)C(O)CC(C)(C)C3)cc1. The highest BCUT2D eigenvalue weighted by Crippen LogP contribution is 2.44. The lowest BCUT2D eigenvalue weighted by Gasteiger charge is -2.36. The van der Waals surface area contributed by atoms with Gasteiger partial charge in [-0.15, -0.1) is 0 Å². The van der Waals surface area contributed by atoms with Crippen LogP contribution in [0.4, 0.5) is 0 Å². The summed E-state index contributed by atoms with van der Waals surface area (Å²) in [6.07, 6.45) is 0.337. The quantitative estimate of drug-likeness (QED) is 0.572. The first-order chi connectivity index (χ1) is 14.1. The molecule has 0 amide bonds. The average molecular weight is 414 g/mol. The van der Waals surface area contributed by atoms with Gasteiger partial charge in [0.15, 0.2) is 0 Å². The fraction of sp³-hybridized carbons (Fsp3) is 0.593. The van der Waals surface area contributed by atoms with Gasteiger partial charge in [-0.3, -0.25) is 4.98 Å².